The normalized spacial score (nSPS) is 19.5. The molecule has 3 aromatic carbocycles. The van der Waals surface area contributed by atoms with Gasteiger partial charge in [0.15, 0.2) is 0 Å². The first-order valence-corrected chi connectivity index (χ1v) is 14.7. The Morgan fingerprint density at radius 1 is 0.900 bits per heavy atom. The third kappa shape index (κ3) is 5.25. The summed E-state index contributed by atoms with van der Waals surface area (Å²) in [7, 11) is 0. The molecule has 0 aliphatic carbocycles. The molecule has 2 fully saturated rings. The zero-order valence-corrected chi connectivity index (χ0v) is 23.3. The number of nitrogens with zero attached hydrogens (tertiary/aromatic N) is 2. The van der Waals surface area contributed by atoms with E-state index in [-0.39, 0.29) is 24.1 Å². The van der Waals surface area contributed by atoms with Gasteiger partial charge in [-0.15, -0.1) is 11.8 Å². The number of amides is 4. The fourth-order valence-corrected chi connectivity index (χ4v) is 7.03. The molecule has 4 amide bonds. The highest BCUT2D eigenvalue weighted by Crippen LogP contribution is 2.35. The molecule has 3 aromatic rings. The van der Waals surface area contributed by atoms with E-state index in [1.165, 1.54) is 0 Å². The standard InChI is InChI=1S/C31H28ClN3O4S/c32-21-7-5-19(6-8-21)24-3-1-2-4-26(24)30(38)34-15-13-22(14-16-34)40-23-9-10-25-20(17-23)18-35(31(25)39)27-11-12-28(36)33-29(27)37/h1-10,17,22,27H,11-16,18H2,(H,33,36,37). The average molecular weight is 574 g/mol. The number of thioether (sulfide) groups is 1. The van der Waals surface area contributed by atoms with Crippen LogP contribution < -0.4 is 5.32 Å². The molecule has 2 saturated heterocycles. The van der Waals surface area contributed by atoms with Gasteiger partial charge < -0.3 is 9.80 Å². The number of halogens is 1. The summed E-state index contributed by atoms with van der Waals surface area (Å²) in [4.78, 5) is 54.9. The number of hydrogen-bond acceptors (Lipinski definition) is 5. The molecule has 40 heavy (non-hydrogen) atoms. The number of carbonyl (C=O) groups is 4. The average Bonchev–Trinajstić information content (AvgIpc) is 3.28. The summed E-state index contributed by atoms with van der Waals surface area (Å²) < 4.78 is 0. The van der Waals surface area contributed by atoms with Gasteiger partial charge in [0.2, 0.25) is 11.8 Å². The number of nitrogens with one attached hydrogen (secondary N) is 1. The summed E-state index contributed by atoms with van der Waals surface area (Å²) in [5.41, 5.74) is 4.09. The van der Waals surface area contributed by atoms with E-state index >= 15 is 0 Å². The Kier molecular flexibility index (Phi) is 7.38. The predicted molar refractivity (Wildman–Crippen MR) is 154 cm³/mol. The molecule has 0 saturated carbocycles. The van der Waals surface area contributed by atoms with Gasteiger partial charge in [-0.1, -0.05) is 41.9 Å². The lowest BCUT2D eigenvalue weighted by atomic mass is 9.98. The van der Waals surface area contributed by atoms with Crippen LogP contribution in [0.2, 0.25) is 5.02 Å². The zero-order chi connectivity index (χ0) is 27.8. The van der Waals surface area contributed by atoms with E-state index in [0.717, 1.165) is 34.4 Å². The monoisotopic (exact) mass is 573 g/mol. The van der Waals surface area contributed by atoms with Crippen molar-refractivity contribution in [1.29, 1.82) is 0 Å². The van der Waals surface area contributed by atoms with Crippen LogP contribution in [0.15, 0.2) is 71.6 Å². The predicted octanol–water partition coefficient (Wildman–Crippen LogP) is 5.16. The van der Waals surface area contributed by atoms with Gasteiger partial charge in [-0.25, -0.2) is 0 Å². The molecule has 0 bridgehead atoms. The summed E-state index contributed by atoms with van der Waals surface area (Å²) in [6.45, 7) is 1.73. The Balaban J connectivity index is 1.08. The Labute approximate surface area is 241 Å². The minimum Gasteiger partial charge on any atom is -0.339 e. The number of rotatable bonds is 5. The van der Waals surface area contributed by atoms with Crippen LogP contribution in [0.4, 0.5) is 0 Å². The molecule has 0 spiro atoms. The molecule has 9 heteroatoms. The Morgan fingerprint density at radius 3 is 2.40 bits per heavy atom. The molecule has 1 unspecified atom stereocenters. The van der Waals surface area contributed by atoms with Crippen molar-refractivity contribution in [3.8, 4) is 11.1 Å². The van der Waals surface area contributed by atoms with Crippen LogP contribution >= 0.6 is 23.4 Å². The van der Waals surface area contributed by atoms with Crippen molar-refractivity contribution in [1.82, 2.24) is 15.1 Å². The van der Waals surface area contributed by atoms with Crippen LogP contribution in [-0.2, 0) is 16.1 Å². The number of piperidine rings is 2. The number of benzene rings is 3. The second-order valence-electron chi connectivity index (χ2n) is 10.4. The number of likely N-dealkylation sites (tertiary alicyclic amines) is 1. The minimum absolute atomic E-state index is 0.0404. The van der Waals surface area contributed by atoms with Crippen molar-refractivity contribution in [2.75, 3.05) is 13.1 Å². The molecule has 7 nitrogen and oxygen atoms in total. The number of imide groups is 1. The van der Waals surface area contributed by atoms with E-state index in [0.29, 0.717) is 47.5 Å². The van der Waals surface area contributed by atoms with Crippen LogP contribution in [0.3, 0.4) is 0 Å². The quantitative estimate of drug-likeness (QED) is 0.426. The minimum atomic E-state index is -0.611. The van der Waals surface area contributed by atoms with Crippen molar-refractivity contribution in [2.45, 2.75) is 48.4 Å². The third-order valence-corrected chi connectivity index (χ3v) is 9.42. The van der Waals surface area contributed by atoms with Gasteiger partial charge in [-0.2, -0.15) is 0 Å². The fraction of sp³-hybridized carbons (Fsp3) is 0.290. The van der Waals surface area contributed by atoms with Gasteiger partial charge in [-0.3, -0.25) is 24.5 Å². The first kappa shape index (κ1) is 26.6. The highest BCUT2D eigenvalue weighted by Gasteiger charge is 2.39. The van der Waals surface area contributed by atoms with E-state index < -0.39 is 11.9 Å². The lowest BCUT2D eigenvalue weighted by Gasteiger charge is -2.32. The molecule has 204 valence electrons. The van der Waals surface area contributed by atoms with E-state index in [2.05, 4.69) is 5.32 Å². The van der Waals surface area contributed by atoms with Gasteiger partial charge in [0, 0.05) is 52.4 Å². The van der Waals surface area contributed by atoms with Crippen molar-refractivity contribution < 1.29 is 19.2 Å². The maximum Gasteiger partial charge on any atom is 0.255 e. The SMILES string of the molecule is O=C1CCC(N2Cc3cc(SC4CCN(C(=O)c5ccccc5-c5ccc(Cl)cc5)CC4)ccc3C2=O)C(=O)N1. The number of carbonyl (C=O) groups excluding carboxylic acids is 4. The van der Waals surface area contributed by atoms with Crippen molar-refractivity contribution in [3.05, 3.63) is 88.4 Å². The Hall–Kier alpha value is -3.62. The Morgan fingerprint density at radius 2 is 1.65 bits per heavy atom. The largest absolute Gasteiger partial charge is 0.339 e. The summed E-state index contributed by atoms with van der Waals surface area (Å²) in [6.07, 6.45) is 2.34. The Bertz CT molecular complexity index is 1500. The highest BCUT2D eigenvalue weighted by atomic mass is 35.5. The van der Waals surface area contributed by atoms with Gasteiger partial charge in [0.25, 0.3) is 11.8 Å². The van der Waals surface area contributed by atoms with Gasteiger partial charge in [-0.05, 0) is 72.4 Å². The van der Waals surface area contributed by atoms with Crippen molar-refractivity contribution in [3.63, 3.8) is 0 Å². The first-order valence-electron chi connectivity index (χ1n) is 13.5. The van der Waals surface area contributed by atoms with E-state index in [1.807, 2.05) is 71.6 Å². The second kappa shape index (κ2) is 11.1. The second-order valence-corrected chi connectivity index (χ2v) is 12.2. The number of hydrogen-bond donors (Lipinski definition) is 1. The maximum atomic E-state index is 13.5. The summed E-state index contributed by atoms with van der Waals surface area (Å²) in [5, 5.41) is 3.36. The molecule has 3 aliphatic rings. The fourth-order valence-electron chi connectivity index (χ4n) is 5.71. The summed E-state index contributed by atoms with van der Waals surface area (Å²) in [6, 6.07) is 20.5. The molecule has 3 aliphatic heterocycles. The highest BCUT2D eigenvalue weighted by molar-refractivity contribution is 8.00. The molecule has 1 atom stereocenters. The first-order chi connectivity index (χ1) is 19.4. The molecule has 1 N–H and O–H groups in total. The zero-order valence-electron chi connectivity index (χ0n) is 21.8. The summed E-state index contributed by atoms with van der Waals surface area (Å²) in [5.74, 6) is -0.808. The lowest BCUT2D eigenvalue weighted by molar-refractivity contribution is -0.136. The van der Waals surface area contributed by atoms with Crippen LogP contribution in [0.5, 0.6) is 0 Å². The molecule has 0 radical (unpaired) electrons. The molecule has 0 aromatic heterocycles. The van der Waals surface area contributed by atoms with Crippen molar-refractivity contribution in [2.24, 2.45) is 0 Å². The van der Waals surface area contributed by atoms with Gasteiger partial charge >= 0.3 is 0 Å². The van der Waals surface area contributed by atoms with Crippen LogP contribution in [0, 0.1) is 0 Å². The lowest BCUT2D eigenvalue weighted by Crippen LogP contribution is -2.52. The molecule has 3 heterocycles. The van der Waals surface area contributed by atoms with Crippen molar-refractivity contribution >= 4 is 47.0 Å². The van der Waals surface area contributed by atoms with E-state index in [4.69, 9.17) is 11.6 Å². The number of fused-ring (bicyclic) bond motifs is 1. The van der Waals surface area contributed by atoms with Gasteiger partial charge in [0.05, 0.1) is 0 Å². The topological polar surface area (TPSA) is 86.8 Å². The maximum absolute atomic E-state index is 13.5. The van der Waals surface area contributed by atoms with E-state index in [9.17, 15) is 19.2 Å². The smallest absolute Gasteiger partial charge is 0.255 e. The van der Waals surface area contributed by atoms with Crippen LogP contribution in [0.1, 0.15) is 52.0 Å². The summed E-state index contributed by atoms with van der Waals surface area (Å²) >= 11 is 7.83. The van der Waals surface area contributed by atoms with Crippen LogP contribution in [-0.4, -0.2) is 57.8 Å². The third-order valence-electron chi connectivity index (χ3n) is 7.84. The van der Waals surface area contributed by atoms with Crippen LogP contribution in [0.25, 0.3) is 11.1 Å². The van der Waals surface area contributed by atoms with E-state index in [1.54, 1.807) is 16.7 Å². The molecule has 6 rings (SSSR count). The molecular weight excluding hydrogens is 546 g/mol. The molecular formula is C31H28ClN3O4S. The van der Waals surface area contributed by atoms with Gasteiger partial charge in [0.1, 0.15) is 6.04 Å².